The molecule has 25 heavy (non-hydrogen) atoms. The second-order valence-corrected chi connectivity index (χ2v) is 6.67. The van der Waals surface area contributed by atoms with Crippen LogP contribution in [0, 0.1) is 0 Å². The van der Waals surface area contributed by atoms with E-state index in [1.165, 1.54) is 16.6 Å². The molecule has 1 aliphatic rings. The van der Waals surface area contributed by atoms with Gasteiger partial charge in [-0.25, -0.2) is 4.98 Å². The smallest absolute Gasteiger partial charge is 0.234 e. The van der Waals surface area contributed by atoms with E-state index in [2.05, 4.69) is 36.9 Å². The van der Waals surface area contributed by atoms with Crippen LogP contribution in [-0.4, -0.2) is 45.0 Å². The Labute approximate surface area is 146 Å². The van der Waals surface area contributed by atoms with E-state index in [0.29, 0.717) is 13.1 Å². The van der Waals surface area contributed by atoms with Crippen LogP contribution in [0.4, 0.5) is 0 Å². The summed E-state index contributed by atoms with van der Waals surface area (Å²) in [4.78, 5) is 22.1. The molecule has 0 unspecified atom stereocenters. The van der Waals surface area contributed by atoms with E-state index in [4.69, 9.17) is 0 Å². The summed E-state index contributed by atoms with van der Waals surface area (Å²) in [6, 6.07) is 8.25. The molecule has 0 spiro atoms. The molecule has 1 amide bonds. The third kappa shape index (κ3) is 3.30. The molecule has 2 N–H and O–H groups in total. The zero-order chi connectivity index (χ0) is 17.2. The zero-order valence-corrected chi connectivity index (χ0v) is 14.5. The number of amides is 1. The molecule has 1 aliphatic heterocycles. The van der Waals surface area contributed by atoms with Crippen LogP contribution in [-0.2, 0) is 31.2 Å². The number of carbonyl (C=O) groups excluding carboxylic acids is 1. The first kappa shape index (κ1) is 15.9. The zero-order valence-electron chi connectivity index (χ0n) is 14.5. The van der Waals surface area contributed by atoms with Gasteiger partial charge in [0.05, 0.1) is 18.6 Å². The van der Waals surface area contributed by atoms with Crippen molar-refractivity contribution >= 4 is 16.8 Å². The number of aromatic nitrogens is 3. The van der Waals surface area contributed by atoms with Crippen molar-refractivity contribution in [2.75, 3.05) is 19.6 Å². The highest BCUT2D eigenvalue weighted by atomic mass is 16.2. The normalized spacial score (nSPS) is 14.6. The maximum absolute atomic E-state index is 12.2. The lowest BCUT2D eigenvalue weighted by molar-refractivity contribution is -0.122. The fraction of sp³-hybridized carbons (Fsp3) is 0.368. The van der Waals surface area contributed by atoms with Gasteiger partial charge in [-0.1, -0.05) is 18.2 Å². The van der Waals surface area contributed by atoms with Crippen LogP contribution >= 0.6 is 0 Å². The van der Waals surface area contributed by atoms with E-state index in [9.17, 15) is 4.79 Å². The molecule has 0 atom stereocenters. The van der Waals surface area contributed by atoms with Gasteiger partial charge in [0.25, 0.3) is 0 Å². The predicted molar refractivity (Wildman–Crippen MR) is 97.2 cm³/mol. The van der Waals surface area contributed by atoms with E-state index in [-0.39, 0.29) is 5.91 Å². The molecule has 0 radical (unpaired) electrons. The van der Waals surface area contributed by atoms with E-state index in [1.807, 2.05) is 31.7 Å². The van der Waals surface area contributed by atoms with Gasteiger partial charge in [-0.2, -0.15) is 0 Å². The number of aryl methyl sites for hydroxylation is 1. The monoisotopic (exact) mass is 337 g/mol. The molecule has 2 aromatic heterocycles. The molecule has 4 rings (SSSR count). The van der Waals surface area contributed by atoms with Gasteiger partial charge in [0.1, 0.15) is 0 Å². The van der Waals surface area contributed by atoms with Gasteiger partial charge in [0, 0.05) is 55.9 Å². The summed E-state index contributed by atoms with van der Waals surface area (Å²) in [7, 11) is 2.03. The van der Waals surface area contributed by atoms with Crippen LogP contribution < -0.4 is 5.32 Å². The number of hydrogen-bond donors (Lipinski definition) is 2. The highest BCUT2D eigenvalue weighted by Crippen LogP contribution is 2.18. The minimum atomic E-state index is 0.0826. The van der Waals surface area contributed by atoms with Crippen molar-refractivity contribution in [1.82, 2.24) is 24.8 Å². The van der Waals surface area contributed by atoms with Crippen molar-refractivity contribution in [2.45, 2.75) is 19.4 Å². The molecule has 1 aromatic carbocycles. The maximum Gasteiger partial charge on any atom is 0.234 e. The number of nitrogens with one attached hydrogen (secondary N) is 2. The number of fused-ring (bicyclic) bond motifs is 2. The minimum absolute atomic E-state index is 0.0826. The molecule has 3 heterocycles. The standard InChI is InChI=1S/C19H23N5O/c1-23-13-22-17-11-24(9-7-18(17)23)12-19(25)20-8-6-14-10-21-16-5-3-2-4-15(14)16/h2-5,10,13,21H,6-9,11-12H2,1H3,(H,20,25). The quantitative estimate of drug-likeness (QED) is 0.743. The molecule has 130 valence electrons. The summed E-state index contributed by atoms with van der Waals surface area (Å²) >= 11 is 0. The second-order valence-electron chi connectivity index (χ2n) is 6.67. The Kier molecular flexibility index (Phi) is 4.28. The SMILES string of the molecule is Cn1cnc2c1CCN(CC(=O)NCCc1c[nH]c3ccccc13)C2. The number of carbonyl (C=O) groups is 1. The second kappa shape index (κ2) is 6.72. The molecule has 0 saturated heterocycles. The van der Waals surface area contributed by atoms with E-state index in [0.717, 1.165) is 37.1 Å². The Hall–Kier alpha value is -2.60. The molecular weight excluding hydrogens is 314 g/mol. The van der Waals surface area contributed by atoms with Crippen molar-refractivity contribution in [3.63, 3.8) is 0 Å². The fourth-order valence-corrected chi connectivity index (χ4v) is 3.58. The summed E-state index contributed by atoms with van der Waals surface area (Å²) in [5, 5.41) is 4.27. The maximum atomic E-state index is 12.2. The highest BCUT2D eigenvalue weighted by molar-refractivity contribution is 5.83. The third-order valence-corrected chi connectivity index (χ3v) is 4.94. The Balaban J connectivity index is 1.27. The lowest BCUT2D eigenvalue weighted by atomic mass is 10.1. The van der Waals surface area contributed by atoms with Gasteiger partial charge in [0.2, 0.25) is 5.91 Å². The molecule has 0 fully saturated rings. The molecule has 0 saturated carbocycles. The lowest BCUT2D eigenvalue weighted by Crippen LogP contribution is -2.40. The summed E-state index contributed by atoms with van der Waals surface area (Å²) in [5.74, 6) is 0.0826. The largest absolute Gasteiger partial charge is 0.361 e. The van der Waals surface area contributed by atoms with Crippen LogP contribution in [0.25, 0.3) is 10.9 Å². The van der Waals surface area contributed by atoms with E-state index in [1.54, 1.807) is 0 Å². The van der Waals surface area contributed by atoms with Crippen molar-refractivity contribution < 1.29 is 4.79 Å². The van der Waals surface area contributed by atoms with E-state index < -0.39 is 0 Å². The number of hydrogen-bond acceptors (Lipinski definition) is 3. The van der Waals surface area contributed by atoms with Crippen molar-refractivity contribution in [3.8, 4) is 0 Å². The lowest BCUT2D eigenvalue weighted by Gasteiger charge is -2.25. The summed E-state index contributed by atoms with van der Waals surface area (Å²) in [5.41, 5.74) is 4.77. The van der Waals surface area contributed by atoms with Crippen LogP contribution in [0.1, 0.15) is 17.0 Å². The van der Waals surface area contributed by atoms with Crippen LogP contribution in [0.15, 0.2) is 36.8 Å². The fourth-order valence-electron chi connectivity index (χ4n) is 3.58. The van der Waals surface area contributed by atoms with E-state index >= 15 is 0 Å². The molecular formula is C19H23N5O. The number of benzene rings is 1. The molecule has 0 aliphatic carbocycles. The van der Waals surface area contributed by atoms with Crippen molar-refractivity contribution in [1.29, 1.82) is 0 Å². The van der Waals surface area contributed by atoms with Crippen LogP contribution in [0.3, 0.4) is 0 Å². The summed E-state index contributed by atoms with van der Waals surface area (Å²) < 4.78 is 2.08. The van der Waals surface area contributed by atoms with Gasteiger partial charge < -0.3 is 14.9 Å². The first-order valence-electron chi connectivity index (χ1n) is 8.74. The molecule has 3 aromatic rings. The Bertz CT molecular complexity index is 894. The summed E-state index contributed by atoms with van der Waals surface area (Å²) in [6.45, 7) is 2.75. The number of rotatable bonds is 5. The number of para-hydroxylation sites is 1. The first-order chi connectivity index (χ1) is 12.2. The number of imidazole rings is 1. The minimum Gasteiger partial charge on any atom is -0.361 e. The van der Waals surface area contributed by atoms with Gasteiger partial charge >= 0.3 is 0 Å². The van der Waals surface area contributed by atoms with Gasteiger partial charge in [0.15, 0.2) is 0 Å². The number of H-pyrrole nitrogens is 1. The Morgan fingerprint density at radius 1 is 1.36 bits per heavy atom. The average Bonchev–Trinajstić information content (AvgIpc) is 3.19. The van der Waals surface area contributed by atoms with Crippen molar-refractivity contribution in [3.05, 3.63) is 53.7 Å². The topological polar surface area (TPSA) is 66.0 Å². The van der Waals surface area contributed by atoms with Crippen LogP contribution in [0.2, 0.25) is 0 Å². The Morgan fingerprint density at radius 2 is 2.24 bits per heavy atom. The number of nitrogens with zero attached hydrogens (tertiary/aromatic N) is 3. The highest BCUT2D eigenvalue weighted by Gasteiger charge is 2.21. The molecule has 6 heteroatoms. The van der Waals surface area contributed by atoms with Crippen LogP contribution in [0.5, 0.6) is 0 Å². The number of aromatic amines is 1. The molecule has 0 bridgehead atoms. The molecule has 6 nitrogen and oxygen atoms in total. The first-order valence-corrected chi connectivity index (χ1v) is 8.74. The van der Waals surface area contributed by atoms with Gasteiger partial charge in [-0.3, -0.25) is 9.69 Å². The average molecular weight is 337 g/mol. The van der Waals surface area contributed by atoms with Gasteiger partial charge in [-0.05, 0) is 18.1 Å². The predicted octanol–water partition coefficient (Wildman–Crippen LogP) is 1.62. The Morgan fingerprint density at radius 3 is 3.16 bits per heavy atom. The van der Waals surface area contributed by atoms with Gasteiger partial charge in [-0.15, -0.1) is 0 Å². The third-order valence-electron chi connectivity index (χ3n) is 4.94. The van der Waals surface area contributed by atoms with Crippen molar-refractivity contribution in [2.24, 2.45) is 7.05 Å². The summed E-state index contributed by atoms with van der Waals surface area (Å²) in [6.07, 6.45) is 5.67.